The van der Waals surface area contributed by atoms with Crippen molar-refractivity contribution in [1.29, 1.82) is 0 Å². The molecule has 112 valence electrons. The van der Waals surface area contributed by atoms with Crippen LogP contribution in [0.15, 0.2) is 34.9 Å². The summed E-state index contributed by atoms with van der Waals surface area (Å²) in [7, 11) is 0. The third-order valence-electron chi connectivity index (χ3n) is 2.95. The van der Waals surface area contributed by atoms with E-state index >= 15 is 0 Å². The summed E-state index contributed by atoms with van der Waals surface area (Å²) in [4.78, 5) is 0. The number of aryl methyl sites for hydroxylation is 1. The van der Waals surface area contributed by atoms with Crippen LogP contribution in [0, 0.1) is 6.92 Å². The van der Waals surface area contributed by atoms with Crippen LogP contribution in [0.4, 0.5) is 5.82 Å². The highest BCUT2D eigenvalue weighted by molar-refractivity contribution is 9.10. The molecule has 0 radical (unpaired) electrons. The maximum atomic E-state index is 5.22. The van der Waals surface area contributed by atoms with Crippen LogP contribution in [0.3, 0.4) is 0 Å². The molecule has 0 aliphatic carbocycles. The summed E-state index contributed by atoms with van der Waals surface area (Å²) in [5.74, 6) is 0.732. The molecule has 0 aliphatic rings. The molecule has 0 saturated carbocycles. The molecule has 2 aromatic rings. The number of thiocarbonyl (C=S) groups is 1. The molecule has 2 N–H and O–H groups in total. The fraction of sp³-hybridized carbons (Fsp3) is 0.333. The zero-order chi connectivity index (χ0) is 15.2. The number of nitrogens with one attached hydrogen (secondary N) is 2. The lowest BCUT2D eigenvalue weighted by Gasteiger charge is -2.07. The van der Waals surface area contributed by atoms with Crippen molar-refractivity contribution in [3.8, 4) is 0 Å². The van der Waals surface area contributed by atoms with E-state index in [1.165, 1.54) is 11.1 Å². The van der Waals surface area contributed by atoms with Crippen LogP contribution in [0.5, 0.6) is 0 Å². The number of benzene rings is 1. The molecule has 0 atom stereocenters. The Morgan fingerprint density at radius 2 is 2.05 bits per heavy atom. The van der Waals surface area contributed by atoms with Crippen molar-refractivity contribution in [2.75, 3.05) is 11.9 Å². The highest BCUT2D eigenvalue weighted by Gasteiger charge is 2.08. The van der Waals surface area contributed by atoms with E-state index < -0.39 is 0 Å². The summed E-state index contributed by atoms with van der Waals surface area (Å²) >= 11 is 8.73. The molecular weight excluding hydrogens is 348 g/mol. The standard InChI is InChI=1S/C15H19BrN4S/c1-3-8-17-15(21)18-14-13(16)10-20(19-14)9-12-6-4-11(2)5-7-12/h4-7,10H,3,8-9H2,1-2H3,(H2,17,18,19,21). The largest absolute Gasteiger partial charge is 0.362 e. The summed E-state index contributed by atoms with van der Waals surface area (Å²) in [5.41, 5.74) is 2.48. The third-order valence-corrected chi connectivity index (χ3v) is 3.78. The smallest absolute Gasteiger partial charge is 0.172 e. The molecule has 0 unspecified atom stereocenters. The molecule has 1 heterocycles. The average Bonchev–Trinajstić information content (AvgIpc) is 2.79. The average molecular weight is 367 g/mol. The Morgan fingerprint density at radius 1 is 1.33 bits per heavy atom. The molecule has 4 nitrogen and oxygen atoms in total. The summed E-state index contributed by atoms with van der Waals surface area (Å²) in [6.45, 7) is 5.77. The second-order valence-corrected chi connectivity index (χ2v) is 6.15. The zero-order valence-corrected chi connectivity index (χ0v) is 14.6. The molecule has 1 aromatic heterocycles. The van der Waals surface area contributed by atoms with E-state index in [4.69, 9.17) is 12.2 Å². The number of hydrogen-bond acceptors (Lipinski definition) is 2. The fourth-order valence-electron chi connectivity index (χ4n) is 1.83. The van der Waals surface area contributed by atoms with Crippen molar-refractivity contribution < 1.29 is 0 Å². The summed E-state index contributed by atoms with van der Waals surface area (Å²) < 4.78 is 2.79. The van der Waals surface area contributed by atoms with Gasteiger partial charge < -0.3 is 10.6 Å². The van der Waals surface area contributed by atoms with Gasteiger partial charge in [-0.1, -0.05) is 36.8 Å². The Labute approximate surface area is 139 Å². The highest BCUT2D eigenvalue weighted by atomic mass is 79.9. The Kier molecular flexibility index (Phi) is 5.76. The van der Waals surface area contributed by atoms with Crippen molar-refractivity contribution in [2.45, 2.75) is 26.8 Å². The molecule has 0 fully saturated rings. The minimum atomic E-state index is 0.595. The van der Waals surface area contributed by atoms with E-state index in [9.17, 15) is 0 Å². The van der Waals surface area contributed by atoms with E-state index in [1.54, 1.807) is 0 Å². The Bertz CT molecular complexity index is 607. The first kappa shape index (κ1) is 16.0. The van der Waals surface area contributed by atoms with Gasteiger partial charge >= 0.3 is 0 Å². The first-order valence-electron chi connectivity index (χ1n) is 6.92. The summed E-state index contributed by atoms with van der Waals surface area (Å²) in [6, 6.07) is 8.45. The minimum Gasteiger partial charge on any atom is -0.362 e. The predicted octanol–water partition coefficient (Wildman–Crippen LogP) is 3.70. The number of rotatable bonds is 5. The van der Waals surface area contributed by atoms with Gasteiger partial charge in [-0.2, -0.15) is 5.10 Å². The molecule has 0 amide bonds. The van der Waals surface area contributed by atoms with Crippen LogP contribution in [-0.2, 0) is 6.54 Å². The van der Waals surface area contributed by atoms with E-state index in [2.05, 4.69) is 69.8 Å². The van der Waals surface area contributed by atoms with Gasteiger partial charge in [-0.25, -0.2) is 0 Å². The van der Waals surface area contributed by atoms with Crippen LogP contribution in [0.2, 0.25) is 0 Å². The van der Waals surface area contributed by atoms with Crippen molar-refractivity contribution in [1.82, 2.24) is 15.1 Å². The lowest BCUT2D eigenvalue weighted by atomic mass is 10.1. The quantitative estimate of drug-likeness (QED) is 0.791. The van der Waals surface area contributed by atoms with Crippen LogP contribution < -0.4 is 10.6 Å². The van der Waals surface area contributed by atoms with Gasteiger partial charge in [0.25, 0.3) is 0 Å². The fourth-order valence-corrected chi connectivity index (χ4v) is 2.45. The topological polar surface area (TPSA) is 41.9 Å². The molecule has 21 heavy (non-hydrogen) atoms. The molecule has 0 aliphatic heterocycles. The molecule has 0 saturated heterocycles. The second-order valence-electron chi connectivity index (χ2n) is 4.89. The summed E-state index contributed by atoms with van der Waals surface area (Å²) in [6.07, 6.45) is 2.98. The number of hydrogen-bond donors (Lipinski definition) is 2. The molecule has 6 heteroatoms. The van der Waals surface area contributed by atoms with Crippen LogP contribution in [-0.4, -0.2) is 21.4 Å². The first-order chi connectivity index (χ1) is 10.1. The molecular formula is C15H19BrN4S. The van der Waals surface area contributed by atoms with Crippen molar-refractivity contribution in [3.05, 3.63) is 46.1 Å². The van der Waals surface area contributed by atoms with E-state index in [1.807, 2.05) is 10.9 Å². The highest BCUT2D eigenvalue weighted by Crippen LogP contribution is 2.20. The van der Waals surface area contributed by atoms with Gasteiger partial charge in [0, 0.05) is 12.7 Å². The van der Waals surface area contributed by atoms with E-state index in [-0.39, 0.29) is 0 Å². The predicted molar refractivity (Wildman–Crippen MR) is 94.7 cm³/mol. The normalized spacial score (nSPS) is 10.4. The van der Waals surface area contributed by atoms with Gasteiger partial charge in [-0.05, 0) is 47.1 Å². The molecule has 2 rings (SSSR count). The zero-order valence-electron chi connectivity index (χ0n) is 12.2. The molecule has 0 bridgehead atoms. The lowest BCUT2D eigenvalue weighted by Crippen LogP contribution is -2.29. The maximum Gasteiger partial charge on any atom is 0.172 e. The van der Waals surface area contributed by atoms with Crippen LogP contribution in [0.25, 0.3) is 0 Å². The van der Waals surface area contributed by atoms with Crippen LogP contribution >= 0.6 is 28.1 Å². The maximum absolute atomic E-state index is 5.22. The number of halogens is 1. The lowest BCUT2D eigenvalue weighted by molar-refractivity contribution is 0.689. The number of aromatic nitrogens is 2. The minimum absolute atomic E-state index is 0.595. The van der Waals surface area contributed by atoms with Gasteiger partial charge in [-0.15, -0.1) is 0 Å². The Balaban J connectivity index is 2.01. The molecule has 0 spiro atoms. The van der Waals surface area contributed by atoms with Gasteiger partial charge in [0.2, 0.25) is 0 Å². The van der Waals surface area contributed by atoms with Gasteiger partial charge in [0.1, 0.15) is 0 Å². The first-order valence-corrected chi connectivity index (χ1v) is 8.12. The van der Waals surface area contributed by atoms with E-state index in [0.29, 0.717) is 5.11 Å². The molecule has 1 aromatic carbocycles. The van der Waals surface area contributed by atoms with Gasteiger partial charge in [0.05, 0.1) is 11.0 Å². The SMILES string of the molecule is CCCNC(=S)Nc1nn(Cc2ccc(C)cc2)cc1Br. The van der Waals surface area contributed by atoms with Crippen molar-refractivity contribution >= 4 is 39.1 Å². The van der Waals surface area contributed by atoms with Gasteiger partial charge in [-0.3, -0.25) is 4.68 Å². The second kappa shape index (κ2) is 7.56. The Morgan fingerprint density at radius 3 is 2.71 bits per heavy atom. The summed E-state index contributed by atoms with van der Waals surface area (Å²) in [5, 5.41) is 11.3. The van der Waals surface area contributed by atoms with Crippen molar-refractivity contribution in [2.24, 2.45) is 0 Å². The number of anilines is 1. The Hall–Kier alpha value is -1.40. The third kappa shape index (κ3) is 4.82. The number of nitrogens with zero attached hydrogens (tertiary/aromatic N) is 2. The monoisotopic (exact) mass is 366 g/mol. The van der Waals surface area contributed by atoms with Gasteiger partial charge in [0.15, 0.2) is 10.9 Å². The van der Waals surface area contributed by atoms with Crippen LogP contribution in [0.1, 0.15) is 24.5 Å². The van der Waals surface area contributed by atoms with Crippen molar-refractivity contribution in [3.63, 3.8) is 0 Å². The van der Waals surface area contributed by atoms with E-state index in [0.717, 1.165) is 29.8 Å².